The Morgan fingerprint density at radius 3 is 2.48 bits per heavy atom. The minimum Gasteiger partial charge on any atom is -0.508 e. The Morgan fingerprint density at radius 1 is 1.09 bits per heavy atom. The summed E-state index contributed by atoms with van der Waals surface area (Å²) >= 11 is 11.8. The molecule has 1 N–H and O–H groups in total. The van der Waals surface area contributed by atoms with Crippen LogP contribution in [0.25, 0.3) is 11.1 Å². The van der Waals surface area contributed by atoms with Crippen molar-refractivity contribution < 1.29 is 9.84 Å². The Morgan fingerprint density at radius 2 is 1.83 bits per heavy atom. The van der Waals surface area contributed by atoms with Crippen LogP contribution in [0.15, 0.2) is 42.5 Å². The van der Waals surface area contributed by atoms with Gasteiger partial charge in [0.2, 0.25) is 0 Å². The first kappa shape index (κ1) is 18.2. The fourth-order valence-corrected chi connectivity index (χ4v) is 3.68. The molecule has 0 amide bonds. The topological polar surface area (TPSA) is 29.5 Å². The van der Waals surface area contributed by atoms with Gasteiger partial charge >= 0.3 is 0 Å². The van der Waals surface area contributed by atoms with Gasteiger partial charge in [-0.25, -0.2) is 0 Å². The van der Waals surface area contributed by atoms with Crippen molar-refractivity contribution in [3.8, 4) is 22.6 Å². The number of benzene rings is 2. The molecule has 0 aliphatic heterocycles. The van der Waals surface area contributed by atoms with Gasteiger partial charge in [0.05, 0.1) is 6.61 Å². The molecule has 0 saturated carbocycles. The molecule has 2 aromatic carbocycles. The van der Waals surface area contributed by atoms with E-state index in [0.717, 1.165) is 54.4 Å². The summed E-state index contributed by atoms with van der Waals surface area (Å²) in [6.07, 6.45) is 2.77. The van der Waals surface area contributed by atoms with Gasteiger partial charge in [-0.2, -0.15) is 0 Å². The Labute approximate surface area is 149 Å². The first-order chi connectivity index (χ1) is 11.1. The van der Waals surface area contributed by atoms with Crippen LogP contribution >= 0.6 is 22.2 Å². The highest BCUT2D eigenvalue weighted by Crippen LogP contribution is 2.30. The highest BCUT2D eigenvalue weighted by molar-refractivity contribution is 7.33. The predicted molar refractivity (Wildman–Crippen MR) is 99.9 cm³/mol. The molecule has 0 heterocycles. The number of ether oxygens (including phenoxy) is 1. The Hall–Kier alpha value is -1.16. The second-order valence-corrected chi connectivity index (χ2v) is 9.90. The van der Waals surface area contributed by atoms with Crippen LogP contribution in [0.4, 0.5) is 0 Å². The van der Waals surface area contributed by atoms with E-state index in [2.05, 4.69) is 19.1 Å². The normalized spacial score (nSPS) is 11.0. The second-order valence-electron chi connectivity index (χ2n) is 5.41. The molecular weight excluding hydrogens is 347 g/mol. The number of aromatic hydroxyl groups is 1. The summed E-state index contributed by atoms with van der Waals surface area (Å²) in [6.45, 7) is 2.82. The van der Waals surface area contributed by atoms with Crippen LogP contribution in [0.1, 0.15) is 25.3 Å². The molecule has 2 rings (SSSR count). The molecule has 2 aromatic rings. The van der Waals surface area contributed by atoms with Crippen molar-refractivity contribution in [3.05, 3.63) is 48.0 Å². The molecule has 123 valence electrons. The lowest BCUT2D eigenvalue weighted by molar-refractivity contribution is 0.317. The van der Waals surface area contributed by atoms with Gasteiger partial charge in [0.1, 0.15) is 11.5 Å². The van der Waals surface area contributed by atoms with Gasteiger partial charge in [-0.05, 0) is 66.3 Å². The van der Waals surface area contributed by atoms with Crippen LogP contribution < -0.4 is 4.74 Å². The number of hydrogen-bond donors (Lipinski definition) is 1. The number of phenols is 1. The van der Waals surface area contributed by atoms with E-state index in [1.165, 1.54) is 0 Å². The SMILES string of the molecule is CCCOc1ccc(-c2ccc(O)cc2CCC[Si](Cl)Cl)cc1. The Balaban J connectivity index is 2.17. The number of phenolic OH excluding ortho intramolecular Hbond substituents is 1. The van der Waals surface area contributed by atoms with E-state index in [1.54, 1.807) is 6.07 Å². The summed E-state index contributed by atoms with van der Waals surface area (Å²) in [5, 5.41) is 9.77. The molecule has 0 atom stereocenters. The maximum absolute atomic E-state index is 9.77. The van der Waals surface area contributed by atoms with Crippen molar-refractivity contribution in [3.63, 3.8) is 0 Å². The summed E-state index contributed by atoms with van der Waals surface area (Å²) in [5.74, 6) is 1.17. The van der Waals surface area contributed by atoms with Crippen LogP contribution in [-0.4, -0.2) is 19.1 Å². The number of halogens is 2. The molecule has 0 unspecified atom stereocenters. The molecule has 0 aliphatic rings. The summed E-state index contributed by atoms with van der Waals surface area (Å²) < 4.78 is 5.62. The predicted octanol–water partition coefficient (Wildman–Crippen LogP) is 5.75. The molecule has 0 saturated heterocycles. The number of aryl methyl sites for hydroxylation is 1. The highest BCUT2D eigenvalue weighted by Gasteiger charge is 2.09. The molecule has 23 heavy (non-hydrogen) atoms. The van der Waals surface area contributed by atoms with Crippen molar-refractivity contribution >= 4 is 29.6 Å². The second kappa shape index (κ2) is 9.21. The van der Waals surface area contributed by atoms with Crippen molar-refractivity contribution in [2.75, 3.05) is 6.61 Å². The van der Waals surface area contributed by atoms with Crippen LogP contribution in [0.5, 0.6) is 11.5 Å². The molecule has 0 bridgehead atoms. The molecule has 5 heteroatoms. The zero-order valence-electron chi connectivity index (χ0n) is 13.2. The lowest BCUT2D eigenvalue weighted by Gasteiger charge is -2.12. The van der Waals surface area contributed by atoms with E-state index < -0.39 is 7.42 Å². The van der Waals surface area contributed by atoms with Crippen molar-refractivity contribution in [2.24, 2.45) is 0 Å². The fraction of sp³-hybridized carbons (Fsp3) is 0.333. The van der Waals surface area contributed by atoms with Crippen molar-refractivity contribution in [2.45, 2.75) is 32.2 Å². The van der Waals surface area contributed by atoms with E-state index in [1.807, 2.05) is 24.3 Å². The molecule has 2 nitrogen and oxygen atoms in total. The Bertz CT molecular complexity index is 615. The maximum Gasteiger partial charge on any atom is 0.273 e. The van der Waals surface area contributed by atoms with Crippen LogP contribution in [0.2, 0.25) is 6.04 Å². The van der Waals surface area contributed by atoms with Gasteiger partial charge in [0.25, 0.3) is 7.42 Å². The lowest BCUT2D eigenvalue weighted by Crippen LogP contribution is -1.96. The van der Waals surface area contributed by atoms with Crippen LogP contribution in [0.3, 0.4) is 0 Å². The maximum atomic E-state index is 9.77. The minimum atomic E-state index is -1.24. The van der Waals surface area contributed by atoms with Gasteiger partial charge in [-0.15, -0.1) is 22.2 Å². The molecular formula is C18H21Cl2O2Si. The van der Waals surface area contributed by atoms with E-state index in [-0.39, 0.29) is 5.75 Å². The zero-order valence-corrected chi connectivity index (χ0v) is 15.7. The van der Waals surface area contributed by atoms with E-state index in [4.69, 9.17) is 26.9 Å². The standard InChI is InChI=1S/C18H21Cl2O2Si/c1-2-11-22-17-8-5-14(6-9-17)18-10-7-16(21)13-15(18)4-3-12-23(19)20/h5-10,13,21H,2-4,11-12H2,1H3. The average Bonchev–Trinajstić information content (AvgIpc) is 2.53. The smallest absolute Gasteiger partial charge is 0.273 e. The van der Waals surface area contributed by atoms with Crippen molar-refractivity contribution in [1.29, 1.82) is 0 Å². The third kappa shape index (κ3) is 5.76. The molecule has 0 aliphatic carbocycles. The molecule has 1 radical (unpaired) electrons. The largest absolute Gasteiger partial charge is 0.508 e. The van der Waals surface area contributed by atoms with Crippen molar-refractivity contribution in [1.82, 2.24) is 0 Å². The summed E-state index contributed by atoms with van der Waals surface area (Å²) in [6, 6.07) is 14.4. The average molecular weight is 368 g/mol. The van der Waals surface area contributed by atoms with E-state index in [0.29, 0.717) is 0 Å². The van der Waals surface area contributed by atoms with E-state index in [9.17, 15) is 5.11 Å². The van der Waals surface area contributed by atoms with Crippen LogP contribution in [0, 0.1) is 0 Å². The lowest BCUT2D eigenvalue weighted by atomic mass is 9.96. The van der Waals surface area contributed by atoms with E-state index >= 15 is 0 Å². The Kier molecular flexibility index (Phi) is 7.28. The van der Waals surface area contributed by atoms with Gasteiger partial charge in [-0.1, -0.05) is 25.1 Å². The first-order valence-electron chi connectivity index (χ1n) is 7.82. The molecule has 0 aromatic heterocycles. The van der Waals surface area contributed by atoms with Gasteiger partial charge in [0, 0.05) is 0 Å². The third-order valence-corrected chi connectivity index (χ3v) is 5.40. The quantitative estimate of drug-likeness (QED) is 0.475. The van der Waals surface area contributed by atoms with Gasteiger partial charge < -0.3 is 9.84 Å². The molecule has 0 fully saturated rings. The summed E-state index contributed by atoms with van der Waals surface area (Å²) in [4.78, 5) is 0. The minimum absolute atomic E-state index is 0.286. The van der Waals surface area contributed by atoms with Gasteiger partial charge in [-0.3, -0.25) is 0 Å². The summed E-state index contributed by atoms with van der Waals surface area (Å²) in [5.41, 5.74) is 3.36. The number of rotatable bonds is 8. The fourth-order valence-electron chi connectivity index (χ4n) is 2.43. The van der Waals surface area contributed by atoms with Gasteiger partial charge in [0.15, 0.2) is 0 Å². The monoisotopic (exact) mass is 367 g/mol. The van der Waals surface area contributed by atoms with Crippen LogP contribution in [-0.2, 0) is 6.42 Å². The highest BCUT2D eigenvalue weighted by atomic mass is 35.7. The first-order valence-corrected chi connectivity index (χ1v) is 11.5. The number of hydrogen-bond acceptors (Lipinski definition) is 2. The zero-order chi connectivity index (χ0) is 16.7. The summed E-state index contributed by atoms with van der Waals surface area (Å²) in [7, 11) is -1.24. The molecule has 0 spiro atoms. The third-order valence-electron chi connectivity index (χ3n) is 3.54.